The molecule has 0 bridgehead atoms. The van der Waals surface area contributed by atoms with Crippen LogP contribution in [0.15, 0.2) is 17.5 Å². The molecular formula is C6H11NO2. The molecular weight excluding hydrogens is 118 g/mol. The third-order valence-electron chi connectivity index (χ3n) is 0.584. The molecule has 0 heterocycles. The third-order valence-corrected chi connectivity index (χ3v) is 0.584. The molecule has 0 spiro atoms. The van der Waals surface area contributed by atoms with E-state index in [0.29, 0.717) is 12.4 Å². The minimum atomic E-state index is 0.420. The van der Waals surface area contributed by atoms with Gasteiger partial charge in [-0.25, -0.2) is 0 Å². The number of ether oxygens (including phenoxy) is 1. The molecule has 9 heavy (non-hydrogen) atoms. The Bertz CT molecular complexity index is 110. The maximum atomic E-state index is 4.92. The normalized spacial score (nSPS) is 9.56. The first-order valence-corrected chi connectivity index (χ1v) is 2.60. The molecule has 0 N–H and O–H groups in total. The van der Waals surface area contributed by atoms with Crippen LogP contribution < -0.4 is 0 Å². The lowest BCUT2D eigenvalue weighted by molar-refractivity contribution is 0.207. The predicted molar refractivity (Wildman–Crippen MR) is 36.3 cm³/mol. The zero-order valence-corrected chi connectivity index (χ0v) is 5.76. The van der Waals surface area contributed by atoms with E-state index in [0.717, 1.165) is 0 Å². The molecule has 0 saturated carbocycles. The van der Waals surface area contributed by atoms with Crippen molar-refractivity contribution in [1.82, 2.24) is 0 Å². The van der Waals surface area contributed by atoms with Gasteiger partial charge in [0.2, 0.25) is 0 Å². The van der Waals surface area contributed by atoms with Crippen LogP contribution in [0.25, 0.3) is 0 Å². The van der Waals surface area contributed by atoms with E-state index in [9.17, 15) is 0 Å². The van der Waals surface area contributed by atoms with Gasteiger partial charge < -0.3 is 9.57 Å². The van der Waals surface area contributed by atoms with Gasteiger partial charge in [0, 0.05) is 0 Å². The monoisotopic (exact) mass is 129 g/mol. The second kappa shape index (κ2) is 5.15. The largest absolute Gasteiger partial charge is 0.493 e. The Hall–Kier alpha value is -0.990. The summed E-state index contributed by atoms with van der Waals surface area (Å²) in [6, 6.07) is 0. The van der Waals surface area contributed by atoms with Crippen LogP contribution in [0.2, 0.25) is 0 Å². The quantitative estimate of drug-likeness (QED) is 0.324. The predicted octanol–water partition coefficient (Wildman–Crippen LogP) is 1.17. The average Bonchev–Trinajstić information content (AvgIpc) is 1.80. The van der Waals surface area contributed by atoms with Crippen LogP contribution in [0, 0.1) is 0 Å². The summed E-state index contributed by atoms with van der Waals surface area (Å²) in [7, 11) is 1.48. The van der Waals surface area contributed by atoms with E-state index in [4.69, 9.17) is 4.74 Å². The zero-order valence-electron chi connectivity index (χ0n) is 5.76. The Morgan fingerprint density at radius 3 is 2.89 bits per heavy atom. The molecule has 0 saturated heterocycles. The Morgan fingerprint density at radius 2 is 2.44 bits per heavy atom. The van der Waals surface area contributed by atoms with Crippen LogP contribution in [0.5, 0.6) is 0 Å². The van der Waals surface area contributed by atoms with E-state index in [-0.39, 0.29) is 0 Å². The van der Waals surface area contributed by atoms with Crippen molar-refractivity contribution in [2.75, 3.05) is 13.7 Å². The van der Waals surface area contributed by atoms with Crippen molar-refractivity contribution >= 4 is 6.21 Å². The summed E-state index contributed by atoms with van der Waals surface area (Å²) in [4.78, 5) is 4.38. The zero-order chi connectivity index (χ0) is 7.11. The molecule has 3 heteroatoms. The molecule has 52 valence electrons. The number of hydrogen-bond acceptors (Lipinski definition) is 3. The van der Waals surface area contributed by atoms with Gasteiger partial charge in [-0.2, -0.15) is 0 Å². The number of rotatable bonds is 4. The number of oxime groups is 1. The molecule has 0 aliphatic heterocycles. The summed E-state index contributed by atoms with van der Waals surface area (Å²) < 4.78 is 4.92. The highest BCUT2D eigenvalue weighted by Crippen LogP contribution is 1.86. The summed E-state index contributed by atoms with van der Waals surface area (Å²) in [6.45, 7) is 5.73. The summed E-state index contributed by atoms with van der Waals surface area (Å²) in [5.74, 6) is 0.678. The van der Waals surface area contributed by atoms with Crippen molar-refractivity contribution in [3.63, 3.8) is 0 Å². The van der Waals surface area contributed by atoms with Gasteiger partial charge in [-0.05, 0) is 6.92 Å². The first kappa shape index (κ1) is 8.01. The molecule has 0 aliphatic carbocycles. The Balaban J connectivity index is 3.09. The lowest BCUT2D eigenvalue weighted by Gasteiger charge is -1.97. The van der Waals surface area contributed by atoms with Gasteiger partial charge in [0.05, 0.1) is 12.0 Å². The molecule has 0 aromatic heterocycles. The maximum Gasteiger partial charge on any atom is 0.126 e. The lowest BCUT2D eigenvalue weighted by atomic mass is 10.6. The van der Waals surface area contributed by atoms with E-state index in [1.165, 1.54) is 13.3 Å². The molecule has 0 radical (unpaired) electrons. The van der Waals surface area contributed by atoms with Crippen LogP contribution in [0.1, 0.15) is 6.92 Å². The van der Waals surface area contributed by atoms with Crippen molar-refractivity contribution in [2.45, 2.75) is 6.92 Å². The van der Waals surface area contributed by atoms with Gasteiger partial charge in [0.1, 0.15) is 13.7 Å². The Labute approximate surface area is 55.0 Å². The fraction of sp³-hybridized carbons (Fsp3) is 0.500. The van der Waals surface area contributed by atoms with Gasteiger partial charge in [0.25, 0.3) is 0 Å². The summed E-state index contributed by atoms with van der Waals surface area (Å²) in [5.41, 5.74) is 0. The highest BCUT2D eigenvalue weighted by molar-refractivity contribution is 5.57. The molecule has 3 nitrogen and oxygen atoms in total. The lowest BCUT2D eigenvalue weighted by Crippen LogP contribution is -1.91. The van der Waals surface area contributed by atoms with E-state index in [2.05, 4.69) is 16.6 Å². The minimum Gasteiger partial charge on any atom is -0.493 e. The van der Waals surface area contributed by atoms with Crippen molar-refractivity contribution in [1.29, 1.82) is 0 Å². The topological polar surface area (TPSA) is 30.8 Å². The van der Waals surface area contributed by atoms with E-state index < -0.39 is 0 Å². The first-order chi connectivity index (χ1) is 4.27. The second-order valence-electron chi connectivity index (χ2n) is 1.48. The van der Waals surface area contributed by atoms with Crippen molar-refractivity contribution in [3.8, 4) is 0 Å². The smallest absolute Gasteiger partial charge is 0.126 e. The molecule has 0 aliphatic rings. The fourth-order valence-electron chi connectivity index (χ4n) is 0.284. The number of nitrogens with zero attached hydrogens (tertiary/aromatic N) is 1. The van der Waals surface area contributed by atoms with Gasteiger partial charge in [-0.15, -0.1) is 0 Å². The highest BCUT2D eigenvalue weighted by atomic mass is 16.6. The van der Waals surface area contributed by atoms with Crippen molar-refractivity contribution < 1.29 is 9.57 Å². The van der Waals surface area contributed by atoms with Crippen molar-refractivity contribution in [3.05, 3.63) is 12.3 Å². The fourth-order valence-corrected chi connectivity index (χ4v) is 0.284. The molecule has 0 fully saturated rings. The van der Waals surface area contributed by atoms with Crippen molar-refractivity contribution in [2.24, 2.45) is 5.16 Å². The first-order valence-electron chi connectivity index (χ1n) is 2.60. The highest BCUT2D eigenvalue weighted by Gasteiger charge is 1.79. The number of allylic oxidation sites excluding steroid dienone is 1. The van der Waals surface area contributed by atoms with Gasteiger partial charge in [0.15, 0.2) is 0 Å². The maximum absolute atomic E-state index is 4.92. The average molecular weight is 129 g/mol. The molecule has 0 amide bonds. The van der Waals surface area contributed by atoms with Gasteiger partial charge in [-0.3, -0.25) is 0 Å². The van der Waals surface area contributed by atoms with Crippen LogP contribution in [-0.4, -0.2) is 19.9 Å². The van der Waals surface area contributed by atoms with E-state index in [1.54, 1.807) is 6.92 Å². The van der Waals surface area contributed by atoms with Crippen LogP contribution in [-0.2, 0) is 9.57 Å². The Kier molecular flexibility index (Phi) is 4.59. The summed E-state index contributed by atoms with van der Waals surface area (Å²) in [6.07, 6.45) is 1.52. The van der Waals surface area contributed by atoms with Gasteiger partial charge >= 0.3 is 0 Å². The molecule has 0 aromatic rings. The third kappa shape index (κ3) is 7.01. The van der Waals surface area contributed by atoms with Crippen LogP contribution >= 0.6 is 0 Å². The molecule has 0 atom stereocenters. The number of hydrogen-bond donors (Lipinski definition) is 0. The molecule has 0 unspecified atom stereocenters. The summed E-state index contributed by atoms with van der Waals surface area (Å²) in [5, 5.41) is 3.45. The minimum absolute atomic E-state index is 0.420. The van der Waals surface area contributed by atoms with Crippen LogP contribution in [0.3, 0.4) is 0 Å². The standard InChI is InChI=1S/C6H11NO2/c1-6(2)9-5-4-7-8-3/h4H,1,5H2,2-3H3/b7-4-. The van der Waals surface area contributed by atoms with E-state index in [1.807, 2.05) is 0 Å². The molecule has 0 rings (SSSR count). The SMILES string of the molecule is C=C(C)OC/C=N\OC. The van der Waals surface area contributed by atoms with E-state index >= 15 is 0 Å². The summed E-state index contributed by atoms with van der Waals surface area (Å²) >= 11 is 0. The Morgan fingerprint density at radius 1 is 1.78 bits per heavy atom. The molecule has 0 aromatic carbocycles. The van der Waals surface area contributed by atoms with Gasteiger partial charge in [-0.1, -0.05) is 11.7 Å². The van der Waals surface area contributed by atoms with Crippen LogP contribution in [0.4, 0.5) is 0 Å². The second-order valence-corrected chi connectivity index (χ2v) is 1.48.